The summed E-state index contributed by atoms with van der Waals surface area (Å²) in [6.45, 7) is 12.5. The molecule has 0 amide bonds. The summed E-state index contributed by atoms with van der Waals surface area (Å²) in [6.07, 6.45) is 7.56. The van der Waals surface area contributed by atoms with E-state index in [-0.39, 0.29) is 12.1 Å². The molecule has 0 bridgehead atoms. The van der Waals surface area contributed by atoms with Gasteiger partial charge in [0, 0.05) is 12.6 Å². The number of unbranched alkanes of at least 4 members (excludes halogenated alkanes) is 2. The first-order chi connectivity index (χ1) is 9.57. The van der Waals surface area contributed by atoms with Gasteiger partial charge in [0.2, 0.25) is 0 Å². The second-order valence-corrected chi connectivity index (χ2v) is 6.87. The predicted molar refractivity (Wildman–Crippen MR) is 87.1 cm³/mol. The van der Waals surface area contributed by atoms with Gasteiger partial charge in [-0.25, -0.2) is 0 Å². The van der Waals surface area contributed by atoms with Gasteiger partial charge in [-0.15, -0.1) is 0 Å². The van der Waals surface area contributed by atoms with Crippen molar-refractivity contribution in [1.29, 1.82) is 0 Å². The van der Waals surface area contributed by atoms with E-state index in [1.807, 2.05) is 0 Å². The van der Waals surface area contributed by atoms with Crippen LogP contribution in [0.1, 0.15) is 66.2 Å². The van der Waals surface area contributed by atoms with Gasteiger partial charge in [-0.2, -0.15) is 0 Å². The summed E-state index contributed by atoms with van der Waals surface area (Å²) in [5.41, 5.74) is -0.0738. The van der Waals surface area contributed by atoms with Crippen LogP contribution >= 0.6 is 0 Å². The van der Waals surface area contributed by atoms with Crippen molar-refractivity contribution in [1.82, 2.24) is 10.2 Å². The normalized spacial score (nSPS) is 18.8. The Labute approximate surface area is 126 Å². The summed E-state index contributed by atoms with van der Waals surface area (Å²) >= 11 is 0. The maximum absolute atomic E-state index is 10.0. The molecule has 1 saturated carbocycles. The molecule has 1 aliphatic rings. The fourth-order valence-corrected chi connectivity index (χ4v) is 3.16. The average Bonchev–Trinajstić information content (AvgIpc) is 3.25. The van der Waals surface area contributed by atoms with Gasteiger partial charge in [-0.3, -0.25) is 0 Å². The van der Waals surface area contributed by atoms with Gasteiger partial charge in [0.15, 0.2) is 0 Å². The largest absolute Gasteiger partial charge is 0.394 e. The quantitative estimate of drug-likeness (QED) is 0.578. The van der Waals surface area contributed by atoms with Gasteiger partial charge >= 0.3 is 0 Å². The van der Waals surface area contributed by atoms with E-state index in [0.29, 0.717) is 12.0 Å². The summed E-state index contributed by atoms with van der Waals surface area (Å²) in [5.74, 6) is 0.667. The minimum atomic E-state index is -0.0738. The first-order valence-electron chi connectivity index (χ1n) is 8.68. The zero-order valence-corrected chi connectivity index (χ0v) is 14.1. The molecule has 0 aliphatic heterocycles. The second-order valence-electron chi connectivity index (χ2n) is 6.87. The maximum Gasteiger partial charge on any atom is 0.0628 e. The summed E-state index contributed by atoms with van der Waals surface area (Å²) in [7, 11) is 0. The van der Waals surface area contributed by atoms with Crippen LogP contribution in [0.4, 0.5) is 0 Å². The highest BCUT2D eigenvalue weighted by Gasteiger charge is 2.45. The topological polar surface area (TPSA) is 35.5 Å². The lowest BCUT2D eigenvalue weighted by Crippen LogP contribution is -2.60. The van der Waals surface area contributed by atoms with Crippen LogP contribution in [0.2, 0.25) is 0 Å². The minimum absolute atomic E-state index is 0.0738. The number of aliphatic hydroxyl groups is 1. The van der Waals surface area contributed by atoms with E-state index in [0.717, 1.165) is 6.54 Å². The summed E-state index contributed by atoms with van der Waals surface area (Å²) in [6, 6.07) is 0.432. The Kier molecular flexibility index (Phi) is 8.08. The molecular weight excluding hydrogens is 248 g/mol. The highest BCUT2D eigenvalue weighted by Crippen LogP contribution is 2.40. The number of rotatable bonds is 12. The average molecular weight is 284 g/mol. The molecule has 3 nitrogen and oxygen atoms in total. The zero-order chi connectivity index (χ0) is 15.0. The SMILES string of the molecule is CCCCN(CCCC)CC(CO)(NC(C)C)C1CC1. The van der Waals surface area contributed by atoms with E-state index in [1.165, 1.54) is 51.6 Å². The predicted octanol–water partition coefficient (Wildman–Crippen LogP) is 3.03. The third kappa shape index (κ3) is 5.71. The number of nitrogens with one attached hydrogen (secondary N) is 1. The third-order valence-electron chi connectivity index (χ3n) is 4.38. The van der Waals surface area contributed by atoms with Gasteiger partial charge in [-0.05, 0) is 44.7 Å². The van der Waals surface area contributed by atoms with E-state index in [2.05, 4.69) is 37.9 Å². The first-order valence-corrected chi connectivity index (χ1v) is 8.68. The Bertz CT molecular complexity index is 245. The minimum Gasteiger partial charge on any atom is -0.394 e. The van der Waals surface area contributed by atoms with Crippen molar-refractivity contribution in [2.45, 2.75) is 77.8 Å². The lowest BCUT2D eigenvalue weighted by molar-refractivity contribution is 0.0820. The molecule has 2 N–H and O–H groups in total. The summed E-state index contributed by atoms with van der Waals surface area (Å²) in [4.78, 5) is 2.58. The standard InChI is InChI=1S/C17H36N2O/c1-5-7-11-19(12-8-6-2)13-17(14-20,16-9-10-16)18-15(3)4/h15-16,18,20H,5-14H2,1-4H3. The lowest BCUT2D eigenvalue weighted by Gasteiger charge is -2.40. The molecule has 0 saturated heterocycles. The number of hydrogen-bond donors (Lipinski definition) is 2. The molecule has 1 rings (SSSR count). The van der Waals surface area contributed by atoms with E-state index >= 15 is 0 Å². The van der Waals surface area contributed by atoms with Crippen LogP contribution in [0.5, 0.6) is 0 Å². The summed E-state index contributed by atoms with van der Waals surface area (Å²) < 4.78 is 0. The second kappa shape index (κ2) is 9.01. The molecule has 1 atom stereocenters. The van der Waals surface area contributed by atoms with Crippen molar-refractivity contribution in [3.63, 3.8) is 0 Å². The number of aliphatic hydroxyl groups excluding tert-OH is 1. The van der Waals surface area contributed by atoms with Crippen molar-refractivity contribution < 1.29 is 5.11 Å². The molecule has 1 unspecified atom stereocenters. The molecule has 0 aromatic heterocycles. The first kappa shape index (κ1) is 17.9. The molecular formula is C17H36N2O. The van der Waals surface area contributed by atoms with Crippen molar-refractivity contribution in [3.05, 3.63) is 0 Å². The highest BCUT2D eigenvalue weighted by molar-refractivity contribution is 5.03. The van der Waals surface area contributed by atoms with Crippen molar-refractivity contribution in [2.75, 3.05) is 26.2 Å². The maximum atomic E-state index is 10.0. The van der Waals surface area contributed by atoms with Crippen LogP contribution < -0.4 is 5.32 Å². The summed E-state index contributed by atoms with van der Waals surface area (Å²) in [5, 5.41) is 13.7. The van der Waals surface area contributed by atoms with Crippen molar-refractivity contribution in [3.8, 4) is 0 Å². The monoisotopic (exact) mass is 284 g/mol. The molecule has 0 aromatic rings. The van der Waals surface area contributed by atoms with Crippen LogP contribution in [0.15, 0.2) is 0 Å². The molecule has 0 aromatic carbocycles. The fourth-order valence-electron chi connectivity index (χ4n) is 3.16. The highest BCUT2D eigenvalue weighted by atomic mass is 16.3. The molecule has 120 valence electrons. The molecule has 1 aliphatic carbocycles. The van der Waals surface area contributed by atoms with Crippen molar-refractivity contribution >= 4 is 0 Å². The van der Waals surface area contributed by atoms with Crippen molar-refractivity contribution in [2.24, 2.45) is 5.92 Å². The molecule has 0 heterocycles. The van der Waals surface area contributed by atoms with E-state index < -0.39 is 0 Å². The zero-order valence-electron chi connectivity index (χ0n) is 14.1. The lowest BCUT2D eigenvalue weighted by atomic mass is 9.92. The van der Waals surface area contributed by atoms with Crippen LogP contribution in [0.25, 0.3) is 0 Å². The molecule has 0 radical (unpaired) electrons. The Hall–Kier alpha value is -0.120. The smallest absolute Gasteiger partial charge is 0.0628 e. The van der Waals surface area contributed by atoms with E-state index in [1.54, 1.807) is 0 Å². The van der Waals surface area contributed by atoms with E-state index in [4.69, 9.17) is 0 Å². The van der Waals surface area contributed by atoms with Crippen LogP contribution in [-0.2, 0) is 0 Å². The van der Waals surface area contributed by atoms with Gasteiger partial charge in [0.05, 0.1) is 12.1 Å². The fraction of sp³-hybridized carbons (Fsp3) is 1.00. The van der Waals surface area contributed by atoms with Crippen LogP contribution in [0, 0.1) is 5.92 Å². The Morgan fingerprint density at radius 2 is 1.70 bits per heavy atom. The number of hydrogen-bond acceptors (Lipinski definition) is 3. The Morgan fingerprint density at radius 3 is 2.05 bits per heavy atom. The molecule has 20 heavy (non-hydrogen) atoms. The Morgan fingerprint density at radius 1 is 1.15 bits per heavy atom. The van der Waals surface area contributed by atoms with Crippen LogP contribution in [0.3, 0.4) is 0 Å². The van der Waals surface area contributed by atoms with Gasteiger partial charge in [0.1, 0.15) is 0 Å². The van der Waals surface area contributed by atoms with Crippen LogP contribution in [-0.4, -0.2) is 47.8 Å². The van der Waals surface area contributed by atoms with E-state index in [9.17, 15) is 5.11 Å². The number of nitrogens with zero attached hydrogens (tertiary/aromatic N) is 1. The molecule has 1 fully saturated rings. The van der Waals surface area contributed by atoms with Gasteiger partial charge < -0.3 is 15.3 Å². The van der Waals surface area contributed by atoms with Gasteiger partial charge in [-0.1, -0.05) is 40.5 Å². The Balaban J connectivity index is 2.66. The molecule has 0 spiro atoms. The molecule has 3 heteroatoms. The van der Waals surface area contributed by atoms with Gasteiger partial charge in [0.25, 0.3) is 0 Å². The third-order valence-corrected chi connectivity index (χ3v) is 4.38.